The number of aromatic nitrogens is 2. The second kappa shape index (κ2) is 9.07. The first kappa shape index (κ1) is 19.6. The van der Waals surface area contributed by atoms with Crippen LogP contribution in [0.3, 0.4) is 0 Å². The van der Waals surface area contributed by atoms with E-state index in [1.807, 2.05) is 6.92 Å². The Hall–Kier alpha value is -2.77. The minimum absolute atomic E-state index is 0.0481. The van der Waals surface area contributed by atoms with Gasteiger partial charge < -0.3 is 10.1 Å². The average molecular weight is 365 g/mol. The highest BCUT2D eigenvalue weighted by Gasteiger charge is 2.14. The summed E-state index contributed by atoms with van der Waals surface area (Å²) in [5, 5.41) is 6.86. The van der Waals surface area contributed by atoms with Crippen molar-refractivity contribution in [1.82, 2.24) is 15.1 Å². The molecule has 140 valence electrons. The van der Waals surface area contributed by atoms with Crippen molar-refractivity contribution < 1.29 is 18.3 Å². The lowest BCUT2D eigenvalue weighted by Crippen LogP contribution is -2.31. The second-order valence-corrected chi connectivity index (χ2v) is 5.78. The number of hydrogen-bond donors (Lipinski definition) is 1. The number of benzene rings is 1. The topological polar surface area (TPSA) is 73.2 Å². The normalized spacial score (nSPS) is 12.0. The van der Waals surface area contributed by atoms with Crippen LogP contribution in [0.25, 0.3) is 0 Å². The van der Waals surface area contributed by atoms with Gasteiger partial charge in [-0.25, -0.2) is 4.68 Å². The number of hydrogen-bond acceptors (Lipinski definition) is 4. The maximum absolute atomic E-state index is 12.4. The lowest BCUT2D eigenvalue weighted by molar-refractivity contribution is -0.0498. The van der Waals surface area contributed by atoms with Crippen LogP contribution in [-0.2, 0) is 6.54 Å². The Labute approximate surface area is 149 Å². The summed E-state index contributed by atoms with van der Waals surface area (Å²) < 4.78 is 29.9. The first-order chi connectivity index (χ1) is 12.4. The summed E-state index contributed by atoms with van der Waals surface area (Å²) >= 11 is 0. The van der Waals surface area contributed by atoms with Gasteiger partial charge in [0.1, 0.15) is 11.4 Å². The Kier molecular flexibility index (Phi) is 6.82. The Balaban J connectivity index is 2.05. The minimum Gasteiger partial charge on any atom is -0.435 e. The van der Waals surface area contributed by atoms with E-state index in [1.165, 1.54) is 28.9 Å². The first-order valence-electron chi connectivity index (χ1n) is 8.34. The molecule has 0 bridgehead atoms. The van der Waals surface area contributed by atoms with E-state index in [4.69, 9.17) is 0 Å². The molecule has 0 saturated heterocycles. The van der Waals surface area contributed by atoms with Gasteiger partial charge in [0.05, 0.1) is 6.04 Å². The third-order valence-corrected chi connectivity index (χ3v) is 3.78. The number of amides is 1. The number of aryl methyl sites for hydroxylation is 1. The molecule has 1 amide bonds. The van der Waals surface area contributed by atoms with Crippen LogP contribution in [0, 0.1) is 0 Å². The highest BCUT2D eigenvalue weighted by atomic mass is 19.3. The van der Waals surface area contributed by atoms with E-state index in [9.17, 15) is 18.4 Å². The minimum atomic E-state index is -2.88. The van der Waals surface area contributed by atoms with E-state index in [0.29, 0.717) is 6.54 Å². The van der Waals surface area contributed by atoms with Gasteiger partial charge >= 0.3 is 6.61 Å². The number of ether oxygens (including phenoxy) is 1. The molecule has 2 aromatic rings. The standard InChI is InChI=1S/C18H21F2N3O3/c1-3-4-11-23-16(24)10-9-15(22-23)17(25)21-12(2)13-5-7-14(8-6-13)26-18(19)20/h5-10,12,18H,3-4,11H2,1-2H3,(H,21,25). The molecule has 1 heterocycles. The van der Waals surface area contributed by atoms with Crippen LogP contribution in [0.1, 0.15) is 48.8 Å². The molecule has 1 N–H and O–H groups in total. The van der Waals surface area contributed by atoms with Gasteiger partial charge in [-0.3, -0.25) is 9.59 Å². The monoisotopic (exact) mass is 365 g/mol. The molecule has 1 aromatic heterocycles. The predicted molar refractivity (Wildman–Crippen MR) is 92.4 cm³/mol. The highest BCUT2D eigenvalue weighted by Crippen LogP contribution is 2.19. The second-order valence-electron chi connectivity index (χ2n) is 5.78. The molecule has 1 atom stereocenters. The third kappa shape index (κ3) is 5.37. The fourth-order valence-electron chi connectivity index (χ4n) is 2.33. The molecular weight excluding hydrogens is 344 g/mol. The molecule has 6 nitrogen and oxygen atoms in total. The van der Waals surface area contributed by atoms with Gasteiger partial charge in [0, 0.05) is 12.6 Å². The number of alkyl halides is 2. The van der Waals surface area contributed by atoms with Gasteiger partial charge in [0.2, 0.25) is 0 Å². The van der Waals surface area contributed by atoms with Crippen LogP contribution < -0.4 is 15.6 Å². The summed E-state index contributed by atoms with van der Waals surface area (Å²) in [7, 11) is 0. The summed E-state index contributed by atoms with van der Waals surface area (Å²) in [5.74, 6) is -0.373. The van der Waals surface area contributed by atoms with Crippen LogP contribution in [0.4, 0.5) is 8.78 Å². The summed E-state index contributed by atoms with van der Waals surface area (Å²) in [5.41, 5.74) is 0.613. The molecule has 0 aliphatic rings. The van der Waals surface area contributed by atoms with E-state index < -0.39 is 12.5 Å². The van der Waals surface area contributed by atoms with Crippen molar-refractivity contribution >= 4 is 5.91 Å². The number of halogens is 2. The van der Waals surface area contributed by atoms with Gasteiger partial charge in [-0.1, -0.05) is 25.5 Å². The van der Waals surface area contributed by atoms with Crippen LogP contribution in [0.5, 0.6) is 5.75 Å². The smallest absolute Gasteiger partial charge is 0.387 e. The summed E-state index contributed by atoms with van der Waals surface area (Å²) in [4.78, 5) is 24.1. The van der Waals surface area contributed by atoms with Crippen molar-refractivity contribution in [3.05, 3.63) is 58.0 Å². The van der Waals surface area contributed by atoms with Gasteiger partial charge in [-0.2, -0.15) is 13.9 Å². The Morgan fingerprint density at radius 3 is 2.54 bits per heavy atom. The molecule has 0 radical (unpaired) electrons. The van der Waals surface area contributed by atoms with Crippen molar-refractivity contribution in [3.8, 4) is 5.75 Å². The van der Waals surface area contributed by atoms with E-state index >= 15 is 0 Å². The number of rotatable bonds is 8. The van der Waals surface area contributed by atoms with E-state index in [-0.39, 0.29) is 23.0 Å². The molecule has 0 aliphatic carbocycles. The van der Waals surface area contributed by atoms with Crippen LogP contribution in [0.15, 0.2) is 41.2 Å². The fraction of sp³-hybridized carbons (Fsp3) is 0.389. The fourth-order valence-corrected chi connectivity index (χ4v) is 2.33. The Bertz CT molecular complexity index is 791. The molecule has 0 saturated carbocycles. The van der Waals surface area contributed by atoms with Crippen LogP contribution >= 0.6 is 0 Å². The molecule has 8 heteroatoms. The summed E-state index contributed by atoms with van der Waals surface area (Å²) in [6, 6.07) is 8.34. The van der Waals surface area contributed by atoms with Gasteiger partial charge in [-0.15, -0.1) is 0 Å². The van der Waals surface area contributed by atoms with Crippen molar-refractivity contribution in [2.24, 2.45) is 0 Å². The zero-order chi connectivity index (χ0) is 19.1. The van der Waals surface area contributed by atoms with Crippen LogP contribution in [-0.4, -0.2) is 22.3 Å². The molecule has 2 rings (SSSR count). The molecule has 1 unspecified atom stereocenters. The molecule has 0 fully saturated rings. The molecule has 26 heavy (non-hydrogen) atoms. The SMILES string of the molecule is CCCCn1nc(C(=O)NC(C)c2ccc(OC(F)F)cc2)ccc1=O. The maximum Gasteiger partial charge on any atom is 0.387 e. The van der Waals surface area contributed by atoms with Gasteiger partial charge in [0.15, 0.2) is 0 Å². The van der Waals surface area contributed by atoms with Crippen molar-refractivity contribution in [2.45, 2.75) is 45.9 Å². The molecule has 1 aromatic carbocycles. The van der Waals surface area contributed by atoms with E-state index in [0.717, 1.165) is 18.4 Å². The van der Waals surface area contributed by atoms with Crippen molar-refractivity contribution in [1.29, 1.82) is 0 Å². The lowest BCUT2D eigenvalue weighted by atomic mass is 10.1. The van der Waals surface area contributed by atoms with E-state index in [1.54, 1.807) is 19.1 Å². The lowest BCUT2D eigenvalue weighted by Gasteiger charge is -2.15. The highest BCUT2D eigenvalue weighted by molar-refractivity contribution is 5.92. The Morgan fingerprint density at radius 2 is 1.92 bits per heavy atom. The maximum atomic E-state index is 12.4. The third-order valence-electron chi connectivity index (χ3n) is 3.78. The predicted octanol–water partition coefficient (Wildman–Crippen LogP) is 3.14. The molecular formula is C18H21F2N3O3. The number of unbranched alkanes of at least 4 members (excludes halogenated alkanes) is 1. The average Bonchev–Trinajstić information content (AvgIpc) is 2.61. The van der Waals surface area contributed by atoms with Crippen molar-refractivity contribution in [3.63, 3.8) is 0 Å². The summed E-state index contributed by atoms with van der Waals surface area (Å²) in [6.45, 7) is 1.33. The number of carbonyl (C=O) groups excluding carboxylic acids is 1. The largest absolute Gasteiger partial charge is 0.435 e. The zero-order valence-corrected chi connectivity index (χ0v) is 14.6. The zero-order valence-electron chi connectivity index (χ0n) is 14.6. The van der Waals surface area contributed by atoms with Gasteiger partial charge in [0.25, 0.3) is 11.5 Å². The van der Waals surface area contributed by atoms with Gasteiger partial charge in [-0.05, 0) is 37.1 Å². The molecule has 0 spiro atoms. The summed E-state index contributed by atoms with van der Waals surface area (Å²) in [6.07, 6.45) is 1.70. The Morgan fingerprint density at radius 1 is 1.23 bits per heavy atom. The number of carbonyl (C=O) groups is 1. The quantitative estimate of drug-likeness (QED) is 0.780. The van der Waals surface area contributed by atoms with E-state index in [2.05, 4.69) is 15.2 Å². The van der Waals surface area contributed by atoms with Crippen molar-refractivity contribution in [2.75, 3.05) is 0 Å². The number of nitrogens with zero attached hydrogens (tertiary/aromatic N) is 2. The molecule has 0 aliphatic heterocycles. The first-order valence-corrected chi connectivity index (χ1v) is 8.34. The number of nitrogens with one attached hydrogen (secondary N) is 1. The van der Waals surface area contributed by atoms with Crippen LogP contribution in [0.2, 0.25) is 0 Å².